The number of nitrogens with zero attached hydrogens (tertiary/aromatic N) is 2. The van der Waals surface area contributed by atoms with Crippen LogP contribution in [0.15, 0.2) is 10.9 Å². The minimum atomic E-state index is -1.07. The Balaban J connectivity index is 2.12. The first kappa shape index (κ1) is 18.2. The van der Waals surface area contributed by atoms with Crippen LogP contribution in [0.2, 0.25) is 0 Å². The zero-order valence-corrected chi connectivity index (χ0v) is 14.2. The first-order valence-corrected chi connectivity index (χ1v) is 8.54. The Labute approximate surface area is 141 Å². The molecule has 0 spiro atoms. The maximum atomic E-state index is 12.2. The predicted molar refractivity (Wildman–Crippen MR) is 88.8 cm³/mol. The highest BCUT2D eigenvalue weighted by molar-refractivity contribution is 5.83. The molecule has 1 heterocycles. The number of hydrogen-bond donors (Lipinski definition) is 2. The Bertz CT molecular complexity index is 668. The molecule has 132 valence electrons. The third-order valence-corrected chi connectivity index (χ3v) is 4.61. The van der Waals surface area contributed by atoms with Crippen LogP contribution in [-0.2, 0) is 29.0 Å². The van der Waals surface area contributed by atoms with E-state index < -0.39 is 17.9 Å². The Morgan fingerprint density at radius 1 is 1.33 bits per heavy atom. The van der Waals surface area contributed by atoms with Crippen molar-refractivity contribution in [3.63, 3.8) is 0 Å². The third kappa shape index (κ3) is 4.43. The van der Waals surface area contributed by atoms with Gasteiger partial charge in [0.1, 0.15) is 12.6 Å². The summed E-state index contributed by atoms with van der Waals surface area (Å²) in [5.74, 6) is -1.77. The number of rotatable bonds is 6. The number of hydrogen-bond acceptors (Lipinski definition) is 4. The summed E-state index contributed by atoms with van der Waals surface area (Å²) in [5, 5.41) is 16.1. The first-order valence-electron chi connectivity index (χ1n) is 8.54. The average molecular weight is 335 g/mol. The number of aliphatic carboxylic acids is 1. The van der Waals surface area contributed by atoms with Gasteiger partial charge in [0.2, 0.25) is 5.91 Å². The van der Waals surface area contributed by atoms with E-state index in [9.17, 15) is 19.5 Å². The second-order valence-corrected chi connectivity index (χ2v) is 6.44. The summed E-state index contributed by atoms with van der Waals surface area (Å²) < 4.78 is 1.13. The second kappa shape index (κ2) is 8.08. The summed E-state index contributed by atoms with van der Waals surface area (Å²) in [7, 11) is 0. The topological polar surface area (TPSA) is 101 Å². The zero-order chi connectivity index (χ0) is 17.7. The molecule has 7 heteroatoms. The average Bonchev–Trinajstić information content (AvgIpc) is 2.77. The second-order valence-electron chi connectivity index (χ2n) is 6.44. The molecule has 1 aliphatic rings. The van der Waals surface area contributed by atoms with Crippen LogP contribution in [0.4, 0.5) is 0 Å². The maximum Gasteiger partial charge on any atom is 0.326 e. The normalized spacial score (nSPS) is 16.6. The zero-order valence-electron chi connectivity index (χ0n) is 14.2. The Hall–Kier alpha value is -2.18. The lowest BCUT2D eigenvalue weighted by atomic mass is 9.99. The molecule has 0 saturated heterocycles. The summed E-state index contributed by atoms with van der Waals surface area (Å²) in [4.78, 5) is 35.6. The number of carbonyl (C=O) groups is 2. The van der Waals surface area contributed by atoms with Gasteiger partial charge in [-0.3, -0.25) is 9.59 Å². The molecule has 1 aliphatic carbocycles. The van der Waals surface area contributed by atoms with E-state index in [-0.39, 0.29) is 18.0 Å². The third-order valence-electron chi connectivity index (χ3n) is 4.61. The van der Waals surface area contributed by atoms with Crippen molar-refractivity contribution in [2.24, 2.45) is 5.92 Å². The van der Waals surface area contributed by atoms with Gasteiger partial charge in [-0.05, 0) is 37.2 Å². The molecule has 0 radical (unpaired) electrons. The highest BCUT2D eigenvalue weighted by atomic mass is 16.4. The van der Waals surface area contributed by atoms with Crippen molar-refractivity contribution < 1.29 is 14.7 Å². The molecule has 1 aromatic heterocycles. The van der Waals surface area contributed by atoms with Crippen LogP contribution < -0.4 is 10.9 Å². The monoisotopic (exact) mass is 335 g/mol. The molecule has 0 aliphatic heterocycles. The number of carboxylic acid groups (broad SMARTS) is 1. The van der Waals surface area contributed by atoms with Crippen molar-refractivity contribution in [1.82, 2.24) is 15.1 Å². The summed E-state index contributed by atoms with van der Waals surface area (Å²) in [6, 6.07) is 0.601. The molecule has 1 aromatic rings. The maximum absolute atomic E-state index is 12.2. The van der Waals surface area contributed by atoms with Crippen molar-refractivity contribution in [2.45, 2.75) is 65.0 Å². The van der Waals surface area contributed by atoms with Crippen LogP contribution in [0.5, 0.6) is 0 Å². The van der Waals surface area contributed by atoms with Crippen molar-refractivity contribution in [2.75, 3.05) is 0 Å². The van der Waals surface area contributed by atoms with Gasteiger partial charge in [-0.15, -0.1) is 0 Å². The SMILES string of the molecule is CC[C@H](C)[C@H](NC(=O)Cn1nc2c(cc1=O)CCCCC2)C(=O)O. The highest BCUT2D eigenvalue weighted by Gasteiger charge is 2.25. The van der Waals surface area contributed by atoms with E-state index >= 15 is 0 Å². The lowest BCUT2D eigenvalue weighted by molar-refractivity contribution is -0.143. The van der Waals surface area contributed by atoms with E-state index in [1.807, 2.05) is 6.92 Å². The van der Waals surface area contributed by atoms with Crippen LogP contribution >= 0.6 is 0 Å². The number of nitrogens with one attached hydrogen (secondary N) is 1. The van der Waals surface area contributed by atoms with Gasteiger partial charge in [0.05, 0.1) is 5.69 Å². The van der Waals surface area contributed by atoms with Crippen molar-refractivity contribution in [1.29, 1.82) is 0 Å². The number of carbonyl (C=O) groups excluding carboxylic acids is 1. The van der Waals surface area contributed by atoms with E-state index in [2.05, 4.69) is 10.4 Å². The summed E-state index contributed by atoms with van der Waals surface area (Å²) >= 11 is 0. The van der Waals surface area contributed by atoms with E-state index in [1.54, 1.807) is 13.0 Å². The molecule has 24 heavy (non-hydrogen) atoms. The van der Waals surface area contributed by atoms with E-state index in [0.29, 0.717) is 6.42 Å². The highest BCUT2D eigenvalue weighted by Crippen LogP contribution is 2.16. The van der Waals surface area contributed by atoms with Crippen molar-refractivity contribution in [3.05, 3.63) is 27.7 Å². The fraction of sp³-hybridized carbons (Fsp3) is 0.647. The molecule has 2 N–H and O–H groups in total. The van der Waals surface area contributed by atoms with Gasteiger partial charge in [0.15, 0.2) is 0 Å². The lowest BCUT2D eigenvalue weighted by Crippen LogP contribution is -2.47. The molecule has 1 amide bonds. The summed E-state index contributed by atoms with van der Waals surface area (Å²) in [6.07, 6.45) is 5.48. The minimum absolute atomic E-state index is 0.192. The molecular formula is C17H25N3O4. The molecule has 0 unspecified atom stereocenters. The van der Waals surface area contributed by atoms with Crippen LogP contribution in [0.3, 0.4) is 0 Å². The molecular weight excluding hydrogens is 310 g/mol. The molecule has 0 aromatic carbocycles. The van der Waals surface area contributed by atoms with E-state index in [4.69, 9.17) is 0 Å². The summed E-state index contributed by atoms with van der Waals surface area (Å²) in [5.41, 5.74) is 1.52. The van der Waals surface area contributed by atoms with Gasteiger partial charge >= 0.3 is 5.97 Å². The smallest absolute Gasteiger partial charge is 0.326 e. The first-order chi connectivity index (χ1) is 11.4. The minimum Gasteiger partial charge on any atom is -0.480 e. The Morgan fingerprint density at radius 3 is 2.71 bits per heavy atom. The fourth-order valence-electron chi connectivity index (χ4n) is 2.93. The molecule has 0 bridgehead atoms. The van der Waals surface area contributed by atoms with Crippen LogP contribution in [0.25, 0.3) is 0 Å². The molecule has 2 rings (SSSR count). The Kier molecular flexibility index (Phi) is 6.11. The van der Waals surface area contributed by atoms with Gasteiger partial charge in [-0.2, -0.15) is 5.10 Å². The number of aromatic nitrogens is 2. The largest absolute Gasteiger partial charge is 0.480 e. The van der Waals surface area contributed by atoms with Crippen molar-refractivity contribution >= 4 is 11.9 Å². The van der Waals surface area contributed by atoms with Gasteiger partial charge < -0.3 is 10.4 Å². The quantitative estimate of drug-likeness (QED) is 0.759. The van der Waals surface area contributed by atoms with Gasteiger partial charge in [-0.1, -0.05) is 26.7 Å². The number of amides is 1. The standard InChI is InChI=1S/C17H25N3O4/c1-3-11(2)16(17(23)24)18-14(21)10-20-15(22)9-12-7-5-4-6-8-13(12)19-20/h9,11,16H,3-8,10H2,1-2H3,(H,18,21)(H,23,24)/t11-,16-/m0/s1. The molecule has 0 saturated carbocycles. The molecule has 7 nitrogen and oxygen atoms in total. The van der Waals surface area contributed by atoms with Gasteiger partial charge in [0, 0.05) is 6.07 Å². The number of aryl methyl sites for hydroxylation is 2. The Morgan fingerprint density at radius 2 is 2.04 bits per heavy atom. The van der Waals surface area contributed by atoms with Gasteiger partial charge in [-0.25, -0.2) is 9.48 Å². The van der Waals surface area contributed by atoms with Crippen LogP contribution in [0, 0.1) is 5.92 Å². The number of carboxylic acids is 1. The molecule has 0 fully saturated rings. The van der Waals surface area contributed by atoms with Crippen LogP contribution in [0.1, 0.15) is 50.8 Å². The van der Waals surface area contributed by atoms with Crippen molar-refractivity contribution in [3.8, 4) is 0 Å². The lowest BCUT2D eigenvalue weighted by Gasteiger charge is -2.20. The number of fused-ring (bicyclic) bond motifs is 1. The predicted octanol–water partition coefficient (Wildman–Crippen LogP) is 1.13. The fourth-order valence-corrected chi connectivity index (χ4v) is 2.93. The van der Waals surface area contributed by atoms with E-state index in [1.165, 1.54) is 0 Å². The van der Waals surface area contributed by atoms with E-state index in [0.717, 1.165) is 48.0 Å². The van der Waals surface area contributed by atoms with Crippen LogP contribution in [-0.4, -0.2) is 32.8 Å². The molecule has 2 atom stereocenters. The van der Waals surface area contributed by atoms with Gasteiger partial charge in [0.25, 0.3) is 5.56 Å². The summed E-state index contributed by atoms with van der Waals surface area (Å²) in [6.45, 7) is 3.38.